The predicted octanol–water partition coefficient (Wildman–Crippen LogP) is 2.65. The molecular formula is C8H7I2NO. The van der Waals surface area contributed by atoms with Gasteiger partial charge in [-0.15, -0.1) is 0 Å². The van der Waals surface area contributed by atoms with Gasteiger partial charge in [-0.2, -0.15) is 0 Å². The molecule has 0 aliphatic rings. The summed E-state index contributed by atoms with van der Waals surface area (Å²) in [7, 11) is 0. The van der Waals surface area contributed by atoms with E-state index in [2.05, 4.69) is 45.2 Å². The predicted molar refractivity (Wildman–Crippen MR) is 65.7 cm³/mol. The van der Waals surface area contributed by atoms with Crippen molar-refractivity contribution >= 4 is 51.1 Å². The molecule has 1 aromatic carbocycles. The lowest BCUT2D eigenvalue weighted by molar-refractivity contribution is 0.1000. The highest BCUT2D eigenvalue weighted by Gasteiger charge is 2.05. The number of primary amides is 1. The summed E-state index contributed by atoms with van der Waals surface area (Å²) in [5.74, 6) is -0.370. The van der Waals surface area contributed by atoms with Crippen molar-refractivity contribution in [3.8, 4) is 0 Å². The van der Waals surface area contributed by atoms with E-state index in [9.17, 15) is 4.79 Å². The smallest absolute Gasteiger partial charge is 0.248 e. The number of amides is 1. The Hall–Kier alpha value is 0.150. The molecule has 4 heteroatoms. The van der Waals surface area contributed by atoms with E-state index in [-0.39, 0.29) is 5.91 Å². The average Bonchev–Trinajstić information content (AvgIpc) is 2.04. The van der Waals surface area contributed by atoms with E-state index in [1.54, 1.807) is 6.07 Å². The van der Waals surface area contributed by atoms with Crippen LogP contribution < -0.4 is 5.73 Å². The van der Waals surface area contributed by atoms with Crippen LogP contribution in [0.3, 0.4) is 0 Å². The van der Waals surface area contributed by atoms with Crippen LogP contribution in [-0.2, 0) is 0 Å². The highest BCUT2D eigenvalue weighted by Crippen LogP contribution is 2.30. The molecule has 1 aromatic rings. The molecule has 0 spiro atoms. The topological polar surface area (TPSA) is 43.1 Å². The Bertz CT molecular complexity index is 299. The molecule has 64 valence electrons. The number of benzene rings is 1. The Kier molecular flexibility index (Phi) is 3.76. The second-order valence-corrected chi connectivity index (χ2v) is 7.17. The van der Waals surface area contributed by atoms with Gasteiger partial charge in [0.05, 0.1) is 1.93 Å². The van der Waals surface area contributed by atoms with E-state index in [0.717, 1.165) is 5.56 Å². The zero-order valence-corrected chi connectivity index (χ0v) is 10.4. The third-order valence-corrected chi connectivity index (χ3v) is 2.86. The van der Waals surface area contributed by atoms with Gasteiger partial charge >= 0.3 is 0 Å². The second kappa shape index (κ2) is 4.40. The van der Waals surface area contributed by atoms with Crippen LogP contribution in [0.15, 0.2) is 24.3 Å². The number of nitrogens with two attached hydrogens (primary N) is 1. The van der Waals surface area contributed by atoms with E-state index < -0.39 is 0 Å². The third-order valence-electron chi connectivity index (χ3n) is 1.42. The standard InChI is InChI=1S/C8H7I2NO/c9-7(10)5-2-1-3-6(4-5)8(11)12/h1-4,7H,(H2,11,12). The molecule has 0 fully saturated rings. The van der Waals surface area contributed by atoms with Crippen LogP contribution in [0.1, 0.15) is 17.9 Å². The second-order valence-electron chi connectivity index (χ2n) is 2.29. The van der Waals surface area contributed by atoms with Crippen LogP contribution in [0.5, 0.6) is 0 Å². The first-order valence-electron chi connectivity index (χ1n) is 3.29. The molecule has 12 heavy (non-hydrogen) atoms. The fourth-order valence-corrected chi connectivity index (χ4v) is 1.60. The fraction of sp³-hybridized carbons (Fsp3) is 0.125. The minimum atomic E-state index is -0.370. The van der Waals surface area contributed by atoms with E-state index in [0.29, 0.717) is 7.49 Å². The van der Waals surface area contributed by atoms with Crippen molar-refractivity contribution < 1.29 is 4.79 Å². The summed E-state index contributed by atoms with van der Waals surface area (Å²) in [5, 5.41) is 0. The number of rotatable bonds is 2. The molecule has 0 atom stereocenters. The number of carbonyl (C=O) groups is 1. The van der Waals surface area contributed by atoms with E-state index in [1.165, 1.54) is 0 Å². The molecule has 0 radical (unpaired) electrons. The minimum Gasteiger partial charge on any atom is -0.366 e. The summed E-state index contributed by atoms with van der Waals surface area (Å²) in [6.07, 6.45) is 0. The van der Waals surface area contributed by atoms with Crippen LogP contribution in [-0.4, -0.2) is 5.91 Å². The Morgan fingerprint density at radius 2 is 2.08 bits per heavy atom. The van der Waals surface area contributed by atoms with Gasteiger partial charge in [0.1, 0.15) is 0 Å². The summed E-state index contributed by atoms with van der Waals surface area (Å²) in [6, 6.07) is 7.38. The SMILES string of the molecule is NC(=O)c1cccc(C(I)I)c1. The van der Waals surface area contributed by atoms with Gasteiger partial charge in [-0.3, -0.25) is 4.79 Å². The van der Waals surface area contributed by atoms with Gasteiger partial charge in [-0.05, 0) is 17.7 Å². The molecule has 0 aliphatic heterocycles. The van der Waals surface area contributed by atoms with Gasteiger partial charge in [0.15, 0.2) is 0 Å². The summed E-state index contributed by atoms with van der Waals surface area (Å²) >= 11 is 4.57. The van der Waals surface area contributed by atoms with E-state index in [4.69, 9.17) is 5.73 Å². The first-order chi connectivity index (χ1) is 5.61. The zero-order valence-electron chi connectivity index (χ0n) is 6.13. The Morgan fingerprint density at radius 3 is 2.58 bits per heavy atom. The average molecular weight is 387 g/mol. The van der Waals surface area contributed by atoms with Gasteiger partial charge in [0.25, 0.3) is 0 Å². The number of alkyl halides is 2. The molecule has 0 aromatic heterocycles. The minimum absolute atomic E-state index is 0.370. The number of hydrogen-bond acceptors (Lipinski definition) is 1. The molecule has 1 rings (SSSR count). The lowest BCUT2D eigenvalue weighted by atomic mass is 10.1. The number of hydrogen-bond donors (Lipinski definition) is 1. The van der Waals surface area contributed by atoms with Crippen LogP contribution in [0, 0.1) is 0 Å². The molecular weight excluding hydrogens is 380 g/mol. The summed E-state index contributed by atoms with van der Waals surface area (Å²) in [6.45, 7) is 0. The molecule has 0 saturated heterocycles. The van der Waals surface area contributed by atoms with Crippen LogP contribution in [0.25, 0.3) is 0 Å². The Balaban J connectivity index is 3.04. The maximum atomic E-state index is 10.8. The first-order valence-corrected chi connectivity index (χ1v) is 5.78. The molecule has 0 saturated carbocycles. The quantitative estimate of drug-likeness (QED) is 0.616. The van der Waals surface area contributed by atoms with Crippen molar-refractivity contribution in [2.24, 2.45) is 5.73 Å². The molecule has 0 aliphatic carbocycles. The van der Waals surface area contributed by atoms with Crippen molar-refractivity contribution in [3.05, 3.63) is 35.4 Å². The van der Waals surface area contributed by atoms with Crippen LogP contribution >= 0.6 is 45.2 Å². The zero-order chi connectivity index (χ0) is 9.14. The lowest BCUT2D eigenvalue weighted by Crippen LogP contribution is -2.10. The van der Waals surface area contributed by atoms with Gasteiger partial charge in [-0.1, -0.05) is 57.3 Å². The lowest BCUT2D eigenvalue weighted by Gasteiger charge is -2.02. The Morgan fingerprint density at radius 1 is 1.42 bits per heavy atom. The highest BCUT2D eigenvalue weighted by molar-refractivity contribution is 14.2. The van der Waals surface area contributed by atoms with Crippen molar-refractivity contribution in [3.63, 3.8) is 0 Å². The fourth-order valence-electron chi connectivity index (χ4n) is 0.828. The monoisotopic (exact) mass is 387 g/mol. The van der Waals surface area contributed by atoms with E-state index in [1.807, 2.05) is 18.2 Å². The van der Waals surface area contributed by atoms with Gasteiger partial charge in [-0.25, -0.2) is 0 Å². The molecule has 2 N–H and O–H groups in total. The molecule has 0 unspecified atom stereocenters. The third kappa shape index (κ3) is 2.58. The van der Waals surface area contributed by atoms with Gasteiger partial charge in [0.2, 0.25) is 5.91 Å². The van der Waals surface area contributed by atoms with Crippen LogP contribution in [0.4, 0.5) is 0 Å². The first kappa shape index (κ1) is 10.2. The molecule has 0 bridgehead atoms. The molecule has 0 heterocycles. The summed E-state index contributed by atoms with van der Waals surface area (Å²) < 4.78 is 0.375. The van der Waals surface area contributed by atoms with Gasteiger partial charge < -0.3 is 5.73 Å². The summed E-state index contributed by atoms with van der Waals surface area (Å²) in [4.78, 5) is 10.8. The maximum Gasteiger partial charge on any atom is 0.248 e. The van der Waals surface area contributed by atoms with E-state index >= 15 is 0 Å². The van der Waals surface area contributed by atoms with Crippen molar-refractivity contribution in [2.45, 2.75) is 1.93 Å². The largest absolute Gasteiger partial charge is 0.366 e. The molecule has 1 amide bonds. The number of halogens is 2. The van der Waals surface area contributed by atoms with Crippen molar-refractivity contribution in [1.29, 1.82) is 0 Å². The maximum absolute atomic E-state index is 10.8. The van der Waals surface area contributed by atoms with Crippen molar-refractivity contribution in [1.82, 2.24) is 0 Å². The Labute approximate surface area is 98.2 Å². The van der Waals surface area contributed by atoms with Crippen molar-refractivity contribution in [2.75, 3.05) is 0 Å². The van der Waals surface area contributed by atoms with Gasteiger partial charge in [0, 0.05) is 5.56 Å². The van der Waals surface area contributed by atoms with Crippen LogP contribution in [0.2, 0.25) is 0 Å². The highest BCUT2D eigenvalue weighted by atomic mass is 127. The molecule has 2 nitrogen and oxygen atoms in total. The summed E-state index contributed by atoms with van der Waals surface area (Å²) in [5.41, 5.74) is 6.83. The number of carbonyl (C=O) groups excluding carboxylic acids is 1. The normalized spacial score (nSPS) is 10.2.